The zero-order chi connectivity index (χ0) is 28.8. The highest BCUT2D eigenvalue weighted by molar-refractivity contribution is 6.17. The Hall–Kier alpha value is -5.54. The van der Waals surface area contributed by atoms with E-state index >= 15 is 0 Å². The standard InChI is InChI=1S/C40H29N3/c1-2-43-37-18-9-8-17-36(37)42-40(43)31-25-21-28(22-26-31)27-19-23-30(24-20-27)39-34-15-10-14-32(29-11-4-3-5-12-29)38(34)33-13-6-7-16-35(33)41-39/h3-26H,2H2,1H3. The van der Waals surface area contributed by atoms with E-state index in [0.717, 1.165) is 45.6 Å². The number of rotatable bonds is 5. The van der Waals surface area contributed by atoms with Gasteiger partial charge in [0, 0.05) is 33.8 Å². The first-order valence-electron chi connectivity index (χ1n) is 14.8. The molecule has 8 aromatic rings. The van der Waals surface area contributed by atoms with Crippen molar-refractivity contribution < 1.29 is 0 Å². The number of benzene rings is 6. The second-order valence-corrected chi connectivity index (χ2v) is 10.9. The molecule has 43 heavy (non-hydrogen) atoms. The Morgan fingerprint density at radius 3 is 1.81 bits per heavy atom. The minimum Gasteiger partial charge on any atom is -0.324 e. The molecule has 3 nitrogen and oxygen atoms in total. The van der Waals surface area contributed by atoms with E-state index in [1.165, 1.54) is 38.5 Å². The van der Waals surface area contributed by atoms with Crippen molar-refractivity contribution in [3.8, 4) is 44.9 Å². The fourth-order valence-corrected chi connectivity index (χ4v) is 6.33. The molecule has 0 saturated carbocycles. The van der Waals surface area contributed by atoms with Gasteiger partial charge in [-0.2, -0.15) is 0 Å². The maximum absolute atomic E-state index is 5.18. The van der Waals surface area contributed by atoms with Gasteiger partial charge in [-0.3, -0.25) is 0 Å². The van der Waals surface area contributed by atoms with E-state index < -0.39 is 0 Å². The molecule has 0 bridgehead atoms. The first-order valence-corrected chi connectivity index (χ1v) is 14.8. The Morgan fingerprint density at radius 2 is 1.07 bits per heavy atom. The van der Waals surface area contributed by atoms with Gasteiger partial charge in [0.1, 0.15) is 5.82 Å². The van der Waals surface area contributed by atoms with Gasteiger partial charge in [0.15, 0.2) is 0 Å². The van der Waals surface area contributed by atoms with Crippen LogP contribution in [0.2, 0.25) is 0 Å². The molecule has 0 unspecified atom stereocenters. The summed E-state index contributed by atoms with van der Waals surface area (Å²) in [5.41, 5.74) is 11.2. The van der Waals surface area contributed by atoms with Crippen LogP contribution in [-0.2, 0) is 6.54 Å². The second kappa shape index (κ2) is 10.4. The lowest BCUT2D eigenvalue weighted by molar-refractivity contribution is 0.796. The third-order valence-corrected chi connectivity index (χ3v) is 8.42. The number of fused-ring (bicyclic) bond motifs is 4. The number of para-hydroxylation sites is 3. The number of imidazole rings is 1. The molecule has 0 N–H and O–H groups in total. The van der Waals surface area contributed by atoms with Crippen LogP contribution in [0.25, 0.3) is 77.6 Å². The molecule has 0 aliphatic carbocycles. The van der Waals surface area contributed by atoms with Crippen LogP contribution in [-0.4, -0.2) is 14.5 Å². The SMILES string of the molecule is CCn1c(-c2ccc(-c3ccc(-c4nc5ccccc5c5c(-c6ccccc6)cccc45)cc3)cc2)nc2ccccc21. The highest BCUT2D eigenvalue weighted by atomic mass is 15.1. The van der Waals surface area contributed by atoms with Gasteiger partial charge in [-0.15, -0.1) is 0 Å². The molecule has 2 aromatic heterocycles. The third-order valence-electron chi connectivity index (χ3n) is 8.42. The van der Waals surface area contributed by atoms with Gasteiger partial charge >= 0.3 is 0 Å². The molecular formula is C40H29N3. The van der Waals surface area contributed by atoms with Crippen molar-refractivity contribution in [3.63, 3.8) is 0 Å². The van der Waals surface area contributed by atoms with Crippen LogP contribution in [0.15, 0.2) is 146 Å². The normalized spacial score (nSPS) is 11.5. The van der Waals surface area contributed by atoms with Crippen molar-refractivity contribution in [1.29, 1.82) is 0 Å². The summed E-state index contributed by atoms with van der Waals surface area (Å²) in [7, 11) is 0. The van der Waals surface area contributed by atoms with E-state index in [-0.39, 0.29) is 0 Å². The lowest BCUT2D eigenvalue weighted by atomic mass is 9.92. The summed E-state index contributed by atoms with van der Waals surface area (Å²) in [6, 6.07) is 51.6. The van der Waals surface area contributed by atoms with E-state index in [2.05, 4.69) is 151 Å². The summed E-state index contributed by atoms with van der Waals surface area (Å²) in [5.74, 6) is 1.01. The van der Waals surface area contributed by atoms with Crippen LogP contribution >= 0.6 is 0 Å². The van der Waals surface area contributed by atoms with Gasteiger partial charge in [-0.05, 0) is 47.4 Å². The molecule has 8 rings (SSSR count). The van der Waals surface area contributed by atoms with Crippen LogP contribution < -0.4 is 0 Å². The number of aromatic nitrogens is 3. The minimum atomic E-state index is 0.878. The molecule has 204 valence electrons. The van der Waals surface area contributed by atoms with Gasteiger partial charge in [0.25, 0.3) is 0 Å². The molecule has 0 amide bonds. The molecule has 0 aliphatic heterocycles. The molecular weight excluding hydrogens is 522 g/mol. The van der Waals surface area contributed by atoms with E-state index in [1.54, 1.807) is 0 Å². The van der Waals surface area contributed by atoms with Gasteiger partial charge in [-0.1, -0.05) is 127 Å². The Kier molecular flexibility index (Phi) is 6.08. The molecule has 2 heterocycles. The predicted octanol–water partition coefficient (Wildman–Crippen LogP) is 10.4. The van der Waals surface area contributed by atoms with Gasteiger partial charge in [-0.25, -0.2) is 9.97 Å². The van der Waals surface area contributed by atoms with Crippen molar-refractivity contribution in [2.45, 2.75) is 13.5 Å². The quantitative estimate of drug-likeness (QED) is 0.199. The first-order chi connectivity index (χ1) is 21.3. The highest BCUT2D eigenvalue weighted by Crippen LogP contribution is 2.39. The summed E-state index contributed by atoms with van der Waals surface area (Å²) < 4.78 is 2.28. The first kappa shape index (κ1) is 25.2. The molecule has 0 radical (unpaired) electrons. The van der Waals surface area contributed by atoms with E-state index in [0.29, 0.717) is 0 Å². The summed E-state index contributed by atoms with van der Waals surface area (Å²) in [5, 5.41) is 3.58. The fraction of sp³-hybridized carbons (Fsp3) is 0.0500. The summed E-state index contributed by atoms with van der Waals surface area (Å²) in [4.78, 5) is 10.1. The minimum absolute atomic E-state index is 0.878. The number of hydrogen-bond acceptors (Lipinski definition) is 2. The lowest BCUT2D eigenvalue weighted by Gasteiger charge is -2.14. The van der Waals surface area contributed by atoms with Crippen LogP contribution in [0.4, 0.5) is 0 Å². The van der Waals surface area contributed by atoms with Crippen molar-refractivity contribution in [1.82, 2.24) is 14.5 Å². The second-order valence-electron chi connectivity index (χ2n) is 10.9. The van der Waals surface area contributed by atoms with Crippen LogP contribution in [0.1, 0.15) is 6.92 Å². The largest absolute Gasteiger partial charge is 0.324 e. The van der Waals surface area contributed by atoms with Gasteiger partial charge in [0.2, 0.25) is 0 Å². The van der Waals surface area contributed by atoms with E-state index in [4.69, 9.17) is 9.97 Å². The van der Waals surface area contributed by atoms with Gasteiger partial charge in [0.05, 0.1) is 22.2 Å². The summed E-state index contributed by atoms with van der Waals surface area (Å²) in [6.07, 6.45) is 0. The Labute approximate surface area is 250 Å². The fourth-order valence-electron chi connectivity index (χ4n) is 6.33. The molecule has 0 saturated heterocycles. The number of aryl methyl sites for hydroxylation is 1. The predicted molar refractivity (Wildman–Crippen MR) is 180 cm³/mol. The van der Waals surface area contributed by atoms with Crippen LogP contribution in [0.3, 0.4) is 0 Å². The Bertz CT molecular complexity index is 2240. The average Bonchev–Trinajstić information content (AvgIpc) is 3.47. The Morgan fingerprint density at radius 1 is 0.465 bits per heavy atom. The van der Waals surface area contributed by atoms with Crippen molar-refractivity contribution in [2.24, 2.45) is 0 Å². The highest BCUT2D eigenvalue weighted by Gasteiger charge is 2.15. The smallest absolute Gasteiger partial charge is 0.141 e. The average molecular weight is 552 g/mol. The maximum Gasteiger partial charge on any atom is 0.141 e. The van der Waals surface area contributed by atoms with Gasteiger partial charge < -0.3 is 4.57 Å². The van der Waals surface area contributed by atoms with E-state index in [1.807, 2.05) is 6.07 Å². The molecule has 6 aromatic carbocycles. The zero-order valence-electron chi connectivity index (χ0n) is 23.9. The summed E-state index contributed by atoms with van der Waals surface area (Å²) >= 11 is 0. The molecule has 0 atom stereocenters. The molecule has 0 fully saturated rings. The van der Waals surface area contributed by atoms with Crippen molar-refractivity contribution in [2.75, 3.05) is 0 Å². The zero-order valence-corrected chi connectivity index (χ0v) is 23.9. The van der Waals surface area contributed by atoms with Crippen molar-refractivity contribution >= 4 is 32.7 Å². The number of nitrogens with zero attached hydrogens (tertiary/aromatic N) is 3. The molecule has 3 heteroatoms. The summed E-state index contributed by atoms with van der Waals surface area (Å²) in [6.45, 7) is 3.05. The molecule has 0 aliphatic rings. The molecule has 0 spiro atoms. The van der Waals surface area contributed by atoms with Crippen LogP contribution in [0.5, 0.6) is 0 Å². The topological polar surface area (TPSA) is 30.7 Å². The van der Waals surface area contributed by atoms with Crippen molar-refractivity contribution in [3.05, 3.63) is 146 Å². The lowest BCUT2D eigenvalue weighted by Crippen LogP contribution is -1.97. The maximum atomic E-state index is 5.18. The monoisotopic (exact) mass is 551 g/mol. The Balaban J connectivity index is 1.19. The number of pyridine rings is 1. The van der Waals surface area contributed by atoms with E-state index in [9.17, 15) is 0 Å². The number of hydrogen-bond donors (Lipinski definition) is 0. The third kappa shape index (κ3) is 4.29. The van der Waals surface area contributed by atoms with Crippen LogP contribution in [0, 0.1) is 0 Å².